The Morgan fingerprint density at radius 3 is 2.87 bits per heavy atom. The van der Waals surface area contributed by atoms with E-state index in [0.29, 0.717) is 19.8 Å². The smallest absolute Gasteiger partial charge is 0.0702 e. The maximum Gasteiger partial charge on any atom is 0.0702 e. The molecule has 1 heterocycles. The molecule has 0 saturated carbocycles. The van der Waals surface area contributed by atoms with Crippen molar-refractivity contribution in [3.8, 4) is 0 Å². The van der Waals surface area contributed by atoms with E-state index in [0.717, 1.165) is 0 Å². The summed E-state index contributed by atoms with van der Waals surface area (Å²) < 4.78 is 10.3. The average molecular weight is 230 g/mol. The van der Waals surface area contributed by atoms with Crippen LogP contribution in [0.25, 0.3) is 0 Å². The number of ether oxygens (including phenoxy) is 2. The van der Waals surface area contributed by atoms with Gasteiger partial charge in [-0.3, -0.25) is 11.3 Å². The van der Waals surface area contributed by atoms with Crippen molar-refractivity contribution in [1.29, 1.82) is 0 Å². The Labute approximate surface area is 94.3 Å². The minimum atomic E-state index is 0.0619. The monoisotopic (exact) mass is 230 g/mol. The van der Waals surface area contributed by atoms with Crippen molar-refractivity contribution in [2.75, 3.05) is 26.9 Å². The van der Waals surface area contributed by atoms with Crippen LogP contribution in [0.3, 0.4) is 0 Å². The van der Waals surface area contributed by atoms with Crippen LogP contribution < -0.4 is 11.3 Å². The van der Waals surface area contributed by atoms with Crippen LogP contribution in [0.1, 0.15) is 16.5 Å². The van der Waals surface area contributed by atoms with Gasteiger partial charge in [0.2, 0.25) is 0 Å². The van der Waals surface area contributed by atoms with Crippen molar-refractivity contribution in [3.05, 3.63) is 21.9 Å². The van der Waals surface area contributed by atoms with Gasteiger partial charge < -0.3 is 9.47 Å². The highest BCUT2D eigenvalue weighted by atomic mass is 32.1. The number of nitrogens with two attached hydrogens (primary N) is 1. The van der Waals surface area contributed by atoms with Gasteiger partial charge in [-0.25, -0.2) is 0 Å². The van der Waals surface area contributed by atoms with Crippen molar-refractivity contribution < 1.29 is 9.47 Å². The lowest BCUT2D eigenvalue weighted by atomic mass is 10.1. The fourth-order valence-electron chi connectivity index (χ4n) is 1.23. The molecule has 0 radical (unpaired) electrons. The van der Waals surface area contributed by atoms with Crippen LogP contribution in [0.2, 0.25) is 0 Å². The third-order valence-electron chi connectivity index (χ3n) is 2.07. The van der Waals surface area contributed by atoms with Crippen LogP contribution in [0.4, 0.5) is 0 Å². The lowest BCUT2D eigenvalue weighted by Gasteiger charge is -2.14. The molecule has 0 aliphatic carbocycles. The minimum absolute atomic E-state index is 0.0619. The summed E-state index contributed by atoms with van der Waals surface area (Å²) >= 11 is 1.72. The van der Waals surface area contributed by atoms with Gasteiger partial charge in [0, 0.05) is 12.0 Å². The standard InChI is InChI=1S/C10H18N2O2S/c1-8-5-9(7-15-8)10(12-11)6-14-4-3-13-2/h5,7,10,12H,3-4,6,11H2,1-2H3. The second-order valence-electron chi connectivity index (χ2n) is 3.28. The van der Waals surface area contributed by atoms with E-state index in [1.807, 2.05) is 0 Å². The van der Waals surface area contributed by atoms with E-state index in [9.17, 15) is 0 Å². The molecule has 0 bridgehead atoms. The molecule has 1 aromatic heterocycles. The Morgan fingerprint density at radius 1 is 1.53 bits per heavy atom. The highest BCUT2D eigenvalue weighted by molar-refractivity contribution is 7.10. The molecule has 4 nitrogen and oxygen atoms in total. The third-order valence-corrected chi connectivity index (χ3v) is 2.95. The van der Waals surface area contributed by atoms with E-state index in [2.05, 4.69) is 23.8 Å². The number of hydrazine groups is 1. The van der Waals surface area contributed by atoms with Crippen molar-refractivity contribution >= 4 is 11.3 Å². The zero-order valence-corrected chi connectivity index (χ0v) is 9.97. The Morgan fingerprint density at radius 2 is 2.33 bits per heavy atom. The lowest BCUT2D eigenvalue weighted by Crippen LogP contribution is -2.31. The molecule has 0 aliphatic rings. The molecule has 86 valence electrons. The second-order valence-corrected chi connectivity index (χ2v) is 4.39. The Hall–Kier alpha value is -0.460. The van der Waals surface area contributed by atoms with E-state index < -0.39 is 0 Å². The predicted octanol–water partition coefficient (Wildman–Crippen LogP) is 1.22. The van der Waals surface area contributed by atoms with Gasteiger partial charge in [-0.15, -0.1) is 11.3 Å². The van der Waals surface area contributed by atoms with Gasteiger partial charge >= 0.3 is 0 Å². The molecule has 0 aromatic carbocycles. The summed E-state index contributed by atoms with van der Waals surface area (Å²) in [6, 6.07) is 2.18. The van der Waals surface area contributed by atoms with Crippen LogP contribution in [-0.4, -0.2) is 26.9 Å². The van der Waals surface area contributed by atoms with Crippen LogP contribution in [0.15, 0.2) is 11.4 Å². The number of hydrogen-bond acceptors (Lipinski definition) is 5. The molecule has 0 spiro atoms. The number of rotatable bonds is 7. The average Bonchev–Trinajstić information content (AvgIpc) is 2.65. The summed E-state index contributed by atoms with van der Waals surface area (Å²) in [6.07, 6.45) is 0. The maximum absolute atomic E-state index is 5.47. The van der Waals surface area contributed by atoms with Gasteiger partial charge in [0.1, 0.15) is 0 Å². The molecule has 1 rings (SSSR count). The molecule has 1 unspecified atom stereocenters. The van der Waals surface area contributed by atoms with Crippen LogP contribution in [-0.2, 0) is 9.47 Å². The highest BCUT2D eigenvalue weighted by Crippen LogP contribution is 2.19. The van der Waals surface area contributed by atoms with E-state index >= 15 is 0 Å². The molecule has 5 heteroatoms. The number of aryl methyl sites for hydroxylation is 1. The second kappa shape index (κ2) is 6.92. The van der Waals surface area contributed by atoms with Crippen LogP contribution >= 0.6 is 11.3 Å². The Bertz CT molecular complexity index is 278. The van der Waals surface area contributed by atoms with Crippen molar-refractivity contribution in [1.82, 2.24) is 5.43 Å². The quantitative estimate of drug-likeness (QED) is 0.420. The summed E-state index contributed by atoms with van der Waals surface area (Å²) in [7, 11) is 1.66. The number of nitrogens with one attached hydrogen (secondary N) is 1. The number of hydrogen-bond donors (Lipinski definition) is 2. The first kappa shape index (κ1) is 12.6. The van der Waals surface area contributed by atoms with Crippen LogP contribution in [0.5, 0.6) is 0 Å². The van der Waals surface area contributed by atoms with E-state index in [4.69, 9.17) is 15.3 Å². The van der Waals surface area contributed by atoms with Gasteiger partial charge in [0.05, 0.1) is 25.9 Å². The zero-order chi connectivity index (χ0) is 11.1. The first-order chi connectivity index (χ1) is 7.27. The normalized spacial score (nSPS) is 13.0. The summed E-state index contributed by atoms with van der Waals surface area (Å²) in [4.78, 5) is 1.28. The first-order valence-corrected chi connectivity index (χ1v) is 5.73. The first-order valence-electron chi connectivity index (χ1n) is 4.85. The molecule has 3 N–H and O–H groups in total. The molecule has 15 heavy (non-hydrogen) atoms. The third kappa shape index (κ3) is 4.27. The predicted molar refractivity (Wildman–Crippen MR) is 61.8 cm³/mol. The molecule has 0 amide bonds. The van der Waals surface area contributed by atoms with E-state index in [-0.39, 0.29) is 6.04 Å². The Balaban J connectivity index is 2.35. The van der Waals surface area contributed by atoms with Crippen molar-refractivity contribution in [3.63, 3.8) is 0 Å². The zero-order valence-electron chi connectivity index (χ0n) is 9.16. The van der Waals surface area contributed by atoms with Gasteiger partial charge in [-0.05, 0) is 23.9 Å². The summed E-state index contributed by atoms with van der Waals surface area (Å²) in [5.74, 6) is 5.47. The maximum atomic E-state index is 5.47. The topological polar surface area (TPSA) is 56.5 Å². The minimum Gasteiger partial charge on any atom is -0.382 e. The van der Waals surface area contributed by atoms with Gasteiger partial charge in [0.25, 0.3) is 0 Å². The van der Waals surface area contributed by atoms with Crippen molar-refractivity contribution in [2.45, 2.75) is 13.0 Å². The number of thiophene rings is 1. The fourth-order valence-corrected chi connectivity index (χ4v) is 1.99. The summed E-state index contributed by atoms with van der Waals surface area (Å²) in [6.45, 7) is 3.85. The van der Waals surface area contributed by atoms with Gasteiger partial charge in [-0.2, -0.15) is 0 Å². The van der Waals surface area contributed by atoms with Gasteiger partial charge in [0.15, 0.2) is 0 Å². The molecule has 0 fully saturated rings. The molecule has 1 atom stereocenters. The SMILES string of the molecule is COCCOCC(NN)c1csc(C)c1. The lowest BCUT2D eigenvalue weighted by molar-refractivity contribution is 0.0586. The van der Waals surface area contributed by atoms with E-state index in [1.165, 1.54) is 10.4 Å². The Kier molecular flexibility index (Phi) is 5.82. The molecule has 0 saturated heterocycles. The van der Waals surface area contributed by atoms with Crippen molar-refractivity contribution in [2.24, 2.45) is 5.84 Å². The fraction of sp³-hybridized carbons (Fsp3) is 0.600. The summed E-state index contributed by atoms with van der Waals surface area (Å²) in [5.41, 5.74) is 3.93. The largest absolute Gasteiger partial charge is 0.382 e. The van der Waals surface area contributed by atoms with Gasteiger partial charge in [-0.1, -0.05) is 0 Å². The molecular formula is C10H18N2O2S. The molecule has 0 aliphatic heterocycles. The summed E-state index contributed by atoms with van der Waals surface area (Å²) in [5, 5.41) is 2.10. The van der Waals surface area contributed by atoms with E-state index in [1.54, 1.807) is 18.4 Å². The molecular weight excluding hydrogens is 212 g/mol. The number of methoxy groups -OCH3 is 1. The highest BCUT2D eigenvalue weighted by Gasteiger charge is 2.10. The van der Waals surface area contributed by atoms with Crippen LogP contribution in [0, 0.1) is 6.92 Å². The molecule has 1 aromatic rings.